The van der Waals surface area contributed by atoms with Gasteiger partial charge in [0.15, 0.2) is 0 Å². The van der Waals surface area contributed by atoms with Gasteiger partial charge in [-0.2, -0.15) is 0 Å². The van der Waals surface area contributed by atoms with Crippen molar-refractivity contribution < 1.29 is 9.53 Å². The Labute approximate surface area is 142 Å². The van der Waals surface area contributed by atoms with Crippen molar-refractivity contribution in [2.75, 3.05) is 11.9 Å². The Kier molecular flexibility index (Phi) is 4.57. The van der Waals surface area contributed by atoms with E-state index in [-0.39, 0.29) is 5.91 Å². The van der Waals surface area contributed by atoms with E-state index in [1.54, 1.807) is 24.4 Å². The molecule has 0 fully saturated rings. The van der Waals surface area contributed by atoms with Gasteiger partial charge in [-0.3, -0.25) is 9.78 Å². The highest BCUT2D eigenvalue weighted by atomic mass is 79.9. The summed E-state index contributed by atoms with van der Waals surface area (Å²) >= 11 is 3.50. The van der Waals surface area contributed by atoms with E-state index in [2.05, 4.69) is 26.2 Å². The monoisotopic (exact) mass is 370 g/mol. The predicted octanol–water partition coefficient (Wildman–Crippen LogP) is 4.65. The van der Waals surface area contributed by atoms with Gasteiger partial charge in [-0.25, -0.2) is 0 Å². The van der Waals surface area contributed by atoms with Crippen LogP contribution in [0, 0.1) is 0 Å². The lowest BCUT2D eigenvalue weighted by Crippen LogP contribution is -2.12. The van der Waals surface area contributed by atoms with E-state index >= 15 is 0 Å². The summed E-state index contributed by atoms with van der Waals surface area (Å²) in [5.41, 5.74) is 1.97. The quantitative estimate of drug-likeness (QED) is 0.727. The number of hydrogen-bond acceptors (Lipinski definition) is 3. The van der Waals surface area contributed by atoms with E-state index < -0.39 is 0 Å². The van der Waals surface area contributed by atoms with Crippen molar-refractivity contribution in [2.45, 2.75) is 6.92 Å². The van der Waals surface area contributed by atoms with Gasteiger partial charge < -0.3 is 10.1 Å². The third-order valence-electron chi connectivity index (χ3n) is 3.37. The first-order chi connectivity index (χ1) is 11.2. The summed E-state index contributed by atoms with van der Waals surface area (Å²) in [5.74, 6) is 0.486. The van der Waals surface area contributed by atoms with Crippen molar-refractivity contribution in [3.8, 4) is 5.75 Å². The van der Waals surface area contributed by atoms with Crippen molar-refractivity contribution in [1.82, 2.24) is 4.98 Å². The average Bonchev–Trinajstić information content (AvgIpc) is 2.58. The molecule has 0 aliphatic rings. The lowest BCUT2D eigenvalue weighted by Gasteiger charge is -2.10. The first-order valence-corrected chi connectivity index (χ1v) is 8.06. The van der Waals surface area contributed by atoms with E-state index in [1.807, 2.05) is 37.3 Å². The molecule has 3 aromatic rings. The van der Waals surface area contributed by atoms with Crippen LogP contribution in [0.4, 0.5) is 5.69 Å². The van der Waals surface area contributed by atoms with Gasteiger partial charge in [-0.15, -0.1) is 0 Å². The van der Waals surface area contributed by atoms with E-state index in [0.29, 0.717) is 23.6 Å². The molecule has 0 saturated carbocycles. The van der Waals surface area contributed by atoms with Crippen LogP contribution in [-0.2, 0) is 0 Å². The summed E-state index contributed by atoms with van der Waals surface area (Å²) in [7, 11) is 0. The summed E-state index contributed by atoms with van der Waals surface area (Å²) in [4.78, 5) is 16.9. The summed E-state index contributed by atoms with van der Waals surface area (Å²) in [6.07, 6.45) is 1.71. The molecule has 1 amide bonds. The predicted molar refractivity (Wildman–Crippen MR) is 95.0 cm³/mol. The first-order valence-electron chi connectivity index (χ1n) is 7.26. The lowest BCUT2D eigenvalue weighted by molar-refractivity contribution is 0.102. The number of ether oxygens (including phenoxy) is 1. The van der Waals surface area contributed by atoms with Crippen LogP contribution in [0.5, 0.6) is 5.75 Å². The fraction of sp³-hybridized carbons (Fsp3) is 0.111. The van der Waals surface area contributed by atoms with Crippen LogP contribution in [0.25, 0.3) is 10.9 Å². The van der Waals surface area contributed by atoms with Gasteiger partial charge >= 0.3 is 0 Å². The van der Waals surface area contributed by atoms with Gasteiger partial charge in [0.25, 0.3) is 5.91 Å². The Morgan fingerprint density at radius 3 is 2.91 bits per heavy atom. The Morgan fingerprint density at radius 1 is 1.22 bits per heavy atom. The maximum atomic E-state index is 12.5. The molecule has 1 N–H and O–H groups in total. The molecule has 3 rings (SSSR count). The molecule has 2 aromatic carbocycles. The van der Waals surface area contributed by atoms with Crippen LogP contribution in [0.1, 0.15) is 17.3 Å². The topological polar surface area (TPSA) is 51.2 Å². The van der Waals surface area contributed by atoms with Gasteiger partial charge in [0.2, 0.25) is 0 Å². The number of aromatic nitrogens is 1. The zero-order chi connectivity index (χ0) is 16.2. The molecule has 116 valence electrons. The fourth-order valence-corrected chi connectivity index (χ4v) is 2.78. The third kappa shape index (κ3) is 3.35. The number of nitrogens with one attached hydrogen (secondary N) is 1. The Balaban J connectivity index is 1.92. The molecule has 0 aliphatic carbocycles. The molecular weight excluding hydrogens is 356 g/mol. The van der Waals surface area contributed by atoms with Gasteiger partial charge in [-0.1, -0.05) is 28.1 Å². The molecule has 0 bridgehead atoms. The molecule has 0 radical (unpaired) electrons. The second-order valence-electron chi connectivity index (χ2n) is 4.91. The molecule has 23 heavy (non-hydrogen) atoms. The molecule has 0 spiro atoms. The molecule has 0 atom stereocenters. The maximum absolute atomic E-state index is 12.5. The number of halogens is 1. The second kappa shape index (κ2) is 6.79. The number of carbonyl (C=O) groups excluding carboxylic acids is 1. The zero-order valence-corrected chi connectivity index (χ0v) is 14.1. The molecule has 0 aliphatic heterocycles. The van der Waals surface area contributed by atoms with Gasteiger partial charge in [0, 0.05) is 21.6 Å². The number of carbonyl (C=O) groups is 1. The summed E-state index contributed by atoms with van der Waals surface area (Å²) < 4.78 is 6.38. The Hall–Kier alpha value is -2.40. The van der Waals surface area contributed by atoms with Crippen molar-refractivity contribution in [3.05, 3.63) is 64.8 Å². The molecule has 0 unspecified atom stereocenters. The molecule has 4 nitrogen and oxygen atoms in total. The minimum Gasteiger partial charge on any atom is -0.494 e. The molecule has 1 heterocycles. The Morgan fingerprint density at radius 2 is 2.09 bits per heavy atom. The normalized spacial score (nSPS) is 10.5. The van der Waals surface area contributed by atoms with Crippen LogP contribution in [0.15, 0.2) is 59.2 Å². The lowest BCUT2D eigenvalue weighted by atomic mass is 10.1. The van der Waals surface area contributed by atoms with Crippen molar-refractivity contribution in [1.29, 1.82) is 0 Å². The van der Waals surface area contributed by atoms with Crippen LogP contribution in [-0.4, -0.2) is 17.5 Å². The largest absolute Gasteiger partial charge is 0.494 e. The van der Waals surface area contributed by atoms with Crippen LogP contribution in [0.3, 0.4) is 0 Å². The van der Waals surface area contributed by atoms with Crippen LogP contribution in [0.2, 0.25) is 0 Å². The molecule has 1 aromatic heterocycles. The summed E-state index contributed by atoms with van der Waals surface area (Å²) in [6, 6.07) is 14.7. The number of amides is 1. The van der Waals surface area contributed by atoms with Crippen LogP contribution < -0.4 is 10.1 Å². The van der Waals surface area contributed by atoms with E-state index in [1.165, 1.54) is 0 Å². The number of nitrogens with zero attached hydrogens (tertiary/aromatic N) is 1. The highest BCUT2D eigenvalue weighted by Crippen LogP contribution is 2.28. The minimum atomic E-state index is -0.194. The highest BCUT2D eigenvalue weighted by Gasteiger charge is 2.11. The average molecular weight is 371 g/mol. The van der Waals surface area contributed by atoms with Gasteiger partial charge in [-0.05, 0) is 43.3 Å². The number of benzene rings is 2. The number of hydrogen-bond donors (Lipinski definition) is 1. The number of fused-ring (bicyclic) bond motifs is 1. The first kappa shape index (κ1) is 15.5. The standard InChI is InChI=1S/C18H15BrN2O2/c1-2-23-13-6-3-5-12(11-13)18(22)21-16-9-8-15(19)14-7-4-10-20-17(14)16/h3-11H,2H2,1H3,(H,21,22). The third-order valence-corrected chi connectivity index (χ3v) is 4.06. The zero-order valence-electron chi connectivity index (χ0n) is 12.5. The number of anilines is 1. The second-order valence-corrected chi connectivity index (χ2v) is 5.76. The highest BCUT2D eigenvalue weighted by molar-refractivity contribution is 9.10. The van der Waals surface area contributed by atoms with E-state index in [9.17, 15) is 4.79 Å². The summed E-state index contributed by atoms with van der Waals surface area (Å²) in [6.45, 7) is 2.47. The number of rotatable bonds is 4. The van der Waals surface area contributed by atoms with Crippen molar-refractivity contribution in [3.63, 3.8) is 0 Å². The summed E-state index contributed by atoms with van der Waals surface area (Å²) in [5, 5.41) is 3.87. The Bertz CT molecular complexity index is 865. The van der Waals surface area contributed by atoms with Crippen molar-refractivity contribution in [2.24, 2.45) is 0 Å². The SMILES string of the molecule is CCOc1cccc(C(=O)Nc2ccc(Br)c3cccnc23)c1. The fourth-order valence-electron chi connectivity index (χ4n) is 2.33. The van der Waals surface area contributed by atoms with Gasteiger partial charge in [0.05, 0.1) is 17.8 Å². The smallest absolute Gasteiger partial charge is 0.255 e. The maximum Gasteiger partial charge on any atom is 0.255 e. The molecular formula is C18H15BrN2O2. The van der Waals surface area contributed by atoms with E-state index in [0.717, 1.165) is 15.4 Å². The minimum absolute atomic E-state index is 0.194. The molecule has 0 saturated heterocycles. The molecule has 5 heteroatoms. The number of pyridine rings is 1. The van der Waals surface area contributed by atoms with E-state index in [4.69, 9.17) is 4.74 Å². The van der Waals surface area contributed by atoms with Crippen LogP contribution >= 0.6 is 15.9 Å². The van der Waals surface area contributed by atoms with Gasteiger partial charge in [0.1, 0.15) is 5.75 Å². The van der Waals surface area contributed by atoms with Crippen molar-refractivity contribution >= 4 is 38.4 Å².